The van der Waals surface area contributed by atoms with E-state index in [1.165, 1.54) is 13.1 Å². The molecule has 0 aliphatic rings. The maximum absolute atomic E-state index is 12.6. The van der Waals surface area contributed by atoms with Gasteiger partial charge in [-0.1, -0.05) is 0 Å². The van der Waals surface area contributed by atoms with E-state index in [1.54, 1.807) is 26.8 Å². The van der Waals surface area contributed by atoms with Gasteiger partial charge < -0.3 is 16.5 Å². The lowest BCUT2D eigenvalue weighted by Gasteiger charge is -2.20. The summed E-state index contributed by atoms with van der Waals surface area (Å²) in [5, 5.41) is 9.94. The standard InChI is InChI=1S/C14H22N4O3S/c1-9(2)17-13(19)8-18(4)22(20,21)12-6-10(3)5-11(7-15)14(12)16/h5-7,9,15H,8,16H2,1-4H3,(H,17,19). The first-order valence-electron chi connectivity index (χ1n) is 6.76. The third-order valence-electron chi connectivity index (χ3n) is 2.98. The van der Waals surface area contributed by atoms with Crippen LogP contribution in [-0.2, 0) is 14.8 Å². The molecule has 8 heteroatoms. The fraction of sp³-hybridized carbons (Fsp3) is 0.429. The molecule has 0 aliphatic carbocycles. The highest BCUT2D eigenvalue weighted by atomic mass is 32.2. The zero-order valence-electron chi connectivity index (χ0n) is 13.2. The molecule has 0 bridgehead atoms. The summed E-state index contributed by atoms with van der Waals surface area (Å²) in [6.45, 7) is 5.01. The molecule has 0 aromatic heterocycles. The molecule has 0 unspecified atom stereocenters. The number of amides is 1. The topological polar surface area (TPSA) is 116 Å². The first-order chi connectivity index (χ1) is 10.1. The molecule has 0 fully saturated rings. The number of anilines is 1. The number of aryl methyl sites for hydroxylation is 1. The Balaban J connectivity index is 3.16. The van der Waals surface area contributed by atoms with Crippen molar-refractivity contribution in [1.82, 2.24) is 9.62 Å². The molecular formula is C14H22N4O3S. The van der Waals surface area contributed by atoms with E-state index in [0.29, 0.717) is 11.1 Å². The summed E-state index contributed by atoms with van der Waals surface area (Å²) in [7, 11) is -2.59. The number of likely N-dealkylation sites (N-methyl/N-ethyl adjacent to an activating group) is 1. The molecule has 122 valence electrons. The quantitative estimate of drug-likeness (QED) is 0.527. The average Bonchev–Trinajstić information content (AvgIpc) is 2.39. The monoisotopic (exact) mass is 326 g/mol. The number of carbonyl (C=O) groups is 1. The molecule has 0 saturated carbocycles. The number of nitrogens with zero attached hydrogens (tertiary/aromatic N) is 1. The third kappa shape index (κ3) is 4.05. The van der Waals surface area contributed by atoms with Gasteiger partial charge in [0.05, 0.1) is 12.2 Å². The number of nitrogens with one attached hydrogen (secondary N) is 2. The normalized spacial score (nSPS) is 11.7. The van der Waals surface area contributed by atoms with Crippen molar-refractivity contribution in [1.29, 1.82) is 5.41 Å². The lowest BCUT2D eigenvalue weighted by Crippen LogP contribution is -2.41. The molecule has 4 N–H and O–H groups in total. The summed E-state index contributed by atoms with van der Waals surface area (Å²) in [6.07, 6.45) is 1.01. The van der Waals surface area contributed by atoms with Crippen molar-refractivity contribution >= 4 is 27.8 Å². The third-order valence-corrected chi connectivity index (χ3v) is 4.82. The summed E-state index contributed by atoms with van der Waals surface area (Å²) >= 11 is 0. The minimum Gasteiger partial charge on any atom is -0.397 e. The van der Waals surface area contributed by atoms with E-state index in [2.05, 4.69) is 5.32 Å². The van der Waals surface area contributed by atoms with Crippen LogP contribution in [0.3, 0.4) is 0 Å². The van der Waals surface area contributed by atoms with Gasteiger partial charge in [0.2, 0.25) is 15.9 Å². The Morgan fingerprint density at radius 3 is 2.55 bits per heavy atom. The van der Waals surface area contributed by atoms with Crippen molar-refractivity contribution in [3.63, 3.8) is 0 Å². The van der Waals surface area contributed by atoms with Crippen molar-refractivity contribution in [2.24, 2.45) is 0 Å². The fourth-order valence-corrected chi connectivity index (χ4v) is 3.30. The van der Waals surface area contributed by atoms with Gasteiger partial charge in [-0.2, -0.15) is 4.31 Å². The van der Waals surface area contributed by atoms with E-state index in [0.717, 1.165) is 10.5 Å². The van der Waals surface area contributed by atoms with Crippen molar-refractivity contribution in [2.75, 3.05) is 19.3 Å². The number of nitrogen functional groups attached to an aromatic ring is 1. The fourth-order valence-electron chi connectivity index (χ4n) is 1.95. The second-order valence-corrected chi connectivity index (χ2v) is 7.41. The van der Waals surface area contributed by atoms with Crippen LogP contribution in [0.5, 0.6) is 0 Å². The highest BCUT2D eigenvalue weighted by Crippen LogP contribution is 2.25. The van der Waals surface area contributed by atoms with Crippen LogP contribution in [0.1, 0.15) is 25.0 Å². The second-order valence-electron chi connectivity index (χ2n) is 5.39. The number of carbonyl (C=O) groups excluding carboxylic acids is 1. The largest absolute Gasteiger partial charge is 0.397 e. The Morgan fingerprint density at radius 1 is 1.45 bits per heavy atom. The predicted octanol–water partition coefficient (Wildman–Crippen LogP) is 0.720. The summed E-state index contributed by atoms with van der Waals surface area (Å²) in [4.78, 5) is 11.6. The van der Waals surface area contributed by atoms with Gasteiger partial charge in [-0.3, -0.25) is 4.79 Å². The molecule has 0 atom stereocenters. The lowest BCUT2D eigenvalue weighted by molar-refractivity contribution is -0.121. The van der Waals surface area contributed by atoms with Crippen molar-refractivity contribution in [2.45, 2.75) is 31.7 Å². The number of benzene rings is 1. The van der Waals surface area contributed by atoms with Crippen molar-refractivity contribution in [3.8, 4) is 0 Å². The van der Waals surface area contributed by atoms with E-state index in [9.17, 15) is 13.2 Å². The molecule has 22 heavy (non-hydrogen) atoms. The summed E-state index contributed by atoms with van der Waals surface area (Å²) < 4.78 is 26.1. The molecular weight excluding hydrogens is 304 g/mol. The number of sulfonamides is 1. The van der Waals surface area contributed by atoms with Gasteiger partial charge in [0.1, 0.15) is 4.90 Å². The van der Waals surface area contributed by atoms with Crippen LogP contribution in [0.25, 0.3) is 0 Å². The number of rotatable bonds is 6. The van der Waals surface area contributed by atoms with Crippen LogP contribution < -0.4 is 11.1 Å². The Morgan fingerprint density at radius 2 is 2.05 bits per heavy atom. The predicted molar refractivity (Wildman–Crippen MR) is 86.6 cm³/mol. The minimum atomic E-state index is -3.91. The van der Waals surface area contributed by atoms with Crippen LogP contribution >= 0.6 is 0 Å². The van der Waals surface area contributed by atoms with Crippen LogP contribution in [0.15, 0.2) is 17.0 Å². The number of hydrogen-bond acceptors (Lipinski definition) is 5. The first-order valence-corrected chi connectivity index (χ1v) is 8.20. The van der Waals surface area contributed by atoms with Crippen LogP contribution in [0.2, 0.25) is 0 Å². The highest BCUT2D eigenvalue weighted by Gasteiger charge is 2.26. The Bertz CT molecular complexity index is 684. The summed E-state index contributed by atoms with van der Waals surface area (Å²) in [6, 6.07) is 3.00. The maximum Gasteiger partial charge on any atom is 0.245 e. The van der Waals surface area contributed by atoms with Gasteiger partial charge in [-0.25, -0.2) is 8.42 Å². The van der Waals surface area contributed by atoms with Crippen molar-refractivity contribution in [3.05, 3.63) is 23.3 Å². The van der Waals surface area contributed by atoms with E-state index in [4.69, 9.17) is 11.1 Å². The Labute approximate surface area is 131 Å². The molecule has 0 heterocycles. The van der Waals surface area contributed by atoms with E-state index >= 15 is 0 Å². The smallest absolute Gasteiger partial charge is 0.245 e. The van der Waals surface area contributed by atoms with E-state index in [1.807, 2.05) is 0 Å². The van der Waals surface area contributed by atoms with Crippen LogP contribution in [-0.4, -0.2) is 44.5 Å². The van der Waals surface area contributed by atoms with Gasteiger partial charge in [0.15, 0.2) is 0 Å². The van der Waals surface area contributed by atoms with E-state index in [-0.39, 0.29) is 29.1 Å². The van der Waals surface area contributed by atoms with Gasteiger partial charge in [-0.15, -0.1) is 0 Å². The molecule has 7 nitrogen and oxygen atoms in total. The number of nitrogens with two attached hydrogens (primary N) is 1. The van der Waals surface area contributed by atoms with Crippen molar-refractivity contribution < 1.29 is 13.2 Å². The highest BCUT2D eigenvalue weighted by molar-refractivity contribution is 7.89. The molecule has 1 rings (SSSR count). The minimum absolute atomic E-state index is 0.0108. The first kappa shape index (κ1) is 18.1. The molecule has 1 aromatic rings. The zero-order chi connectivity index (χ0) is 17.1. The Hall–Kier alpha value is -1.93. The van der Waals surface area contributed by atoms with Gasteiger partial charge in [0.25, 0.3) is 0 Å². The number of hydrogen-bond donors (Lipinski definition) is 3. The Kier molecular flexibility index (Phi) is 5.67. The molecule has 0 aliphatic heterocycles. The zero-order valence-corrected chi connectivity index (χ0v) is 14.0. The maximum atomic E-state index is 12.6. The molecule has 0 spiro atoms. The van der Waals surface area contributed by atoms with Gasteiger partial charge >= 0.3 is 0 Å². The molecule has 1 amide bonds. The molecule has 0 saturated heterocycles. The van der Waals surface area contributed by atoms with Crippen LogP contribution in [0, 0.1) is 12.3 Å². The summed E-state index contributed by atoms with van der Waals surface area (Å²) in [5.74, 6) is -0.389. The lowest BCUT2D eigenvalue weighted by atomic mass is 10.1. The summed E-state index contributed by atoms with van der Waals surface area (Å²) in [5.41, 5.74) is 6.86. The average molecular weight is 326 g/mol. The van der Waals surface area contributed by atoms with E-state index < -0.39 is 10.0 Å². The van der Waals surface area contributed by atoms with Crippen LogP contribution in [0.4, 0.5) is 5.69 Å². The molecule has 0 radical (unpaired) electrons. The second kappa shape index (κ2) is 6.89. The SMILES string of the molecule is Cc1cc(C=N)c(N)c(S(=O)(=O)N(C)CC(=O)NC(C)C)c1. The van der Waals surface area contributed by atoms with Gasteiger partial charge in [-0.05, 0) is 38.5 Å². The van der Waals surface area contributed by atoms with Gasteiger partial charge in [0, 0.05) is 24.9 Å². The molecule has 1 aromatic carbocycles.